The van der Waals surface area contributed by atoms with Crippen LogP contribution in [0.25, 0.3) is 0 Å². The maximum absolute atomic E-state index is 12.1. The largest absolute Gasteiger partial charge is 0.391 e. The van der Waals surface area contributed by atoms with Gasteiger partial charge in [0.25, 0.3) is 0 Å². The van der Waals surface area contributed by atoms with Gasteiger partial charge in [-0.1, -0.05) is 0 Å². The van der Waals surface area contributed by atoms with Gasteiger partial charge in [-0.3, -0.25) is 4.79 Å². The van der Waals surface area contributed by atoms with E-state index in [1.807, 2.05) is 0 Å². The van der Waals surface area contributed by atoms with Gasteiger partial charge in [0.2, 0.25) is 5.91 Å². The van der Waals surface area contributed by atoms with E-state index in [1.54, 1.807) is 7.11 Å². The number of alkyl halides is 3. The third-order valence-corrected chi connectivity index (χ3v) is 2.67. The molecule has 4 nitrogen and oxygen atoms in total. The molecule has 0 radical (unpaired) electrons. The molecule has 1 aliphatic heterocycles. The van der Waals surface area contributed by atoms with E-state index in [-0.39, 0.29) is 6.10 Å². The summed E-state index contributed by atoms with van der Waals surface area (Å²) in [5.74, 6) is -0.402. The Bertz CT molecular complexity index is 271. The molecule has 1 aliphatic rings. The Morgan fingerprint density at radius 1 is 1.59 bits per heavy atom. The van der Waals surface area contributed by atoms with Crippen LogP contribution in [0.15, 0.2) is 0 Å². The molecule has 17 heavy (non-hydrogen) atoms. The maximum Gasteiger partial charge on any atom is 0.391 e. The average Bonchev–Trinajstić information content (AvgIpc) is 2.62. The molecule has 100 valence electrons. The number of ether oxygens (including phenoxy) is 1. The van der Waals surface area contributed by atoms with Gasteiger partial charge >= 0.3 is 6.18 Å². The lowest BCUT2D eigenvalue weighted by molar-refractivity contribution is -0.141. The van der Waals surface area contributed by atoms with Gasteiger partial charge in [0.1, 0.15) is 0 Å². The number of amides is 1. The molecule has 0 saturated carbocycles. The van der Waals surface area contributed by atoms with E-state index in [1.165, 1.54) is 6.92 Å². The summed E-state index contributed by atoms with van der Waals surface area (Å²) >= 11 is 0. The predicted molar refractivity (Wildman–Crippen MR) is 55.5 cm³/mol. The summed E-state index contributed by atoms with van der Waals surface area (Å²) in [6.45, 7) is 1.89. The van der Waals surface area contributed by atoms with Crippen molar-refractivity contribution in [3.63, 3.8) is 0 Å². The number of rotatable bonds is 4. The van der Waals surface area contributed by atoms with Gasteiger partial charge in [-0.15, -0.1) is 0 Å². The summed E-state index contributed by atoms with van der Waals surface area (Å²) in [6.07, 6.45) is -4.84. The summed E-state index contributed by atoms with van der Waals surface area (Å²) in [5.41, 5.74) is 0. The molecule has 0 spiro atoms. The quantitative estimate of drug-likeness (QED) is 0.781. The smallest absolute Gasteiger partial charge is 0.380 e. The normalized spacial score (nSPS) is 26.9. The fourth-order valence-corrected chi connectivity index (χ4v) is 1.82. The van der Waals surface area contributed by atoms with Crippen molar-refractivity contribution in [2.45, 2.75) is 44.1 Å². The summed E-state index contributed by atoms with van der Waals surface area (Å²) in [5, 5.41) is 5.25. The molecule has 1 amide bonds. The number of carbonyl (C=O) groups excluding carboxylic acids is 1. The summed E-state index contributed by atoms with van der Waals surface area (Å²) in [4.78, 5) is 11.6. The average molecular weight is 254 g/mol. The Balaban J connectivity index is 2.34. The zero-order chi connectivity index (χ0) is 13.1. The second kappa shape index (κ2) is 5.68. The molecule has 0 aromatic rings. The van der Waals surface area contributed by atoms with E-state index in [2.05, 4.69) is 10.6 Å². The number of hydrogen-bond donors (Lipinski definition) is 2. The zero-order valence-corrected chi connectivity index (χ0v) is 9.80. The molecular formula is C10H17F3N2O2. The second-order valence-electron chi connectivity index (χ2n) is 4.28. The fourth-order valence-electron chi connectivity index (χ4n) is 1.82. The van der Waals surface area contributed by atoms with E-state index >= 15 is 0 Å². The summed E-state index contributed by atoms with van der Waals surface area (Å²) in [7, 11) is 1.54. The van der Waals surface area contributed by atoms with Crippen molar-refractivity contribution in [3.8, 4) is 0 Å². The third kappa shape index (κ3) is 4.91. The number of methoxy groups -OCH3 is 1. The molecule has 0 aromatic heterocycles. The fraction of sp³-hybridized carbons (Fsp3) is 0.900. The first-order valence-electron chi connectivity index (χ1n) is 5.45. The number of halogens is 3. The van der Waals surface area contributed by atoms with Crippen LogP contribution in [0.5, 0.6) is 0 Å². The van der Waals surface area contributed by atoms with Crippen molar-refractivity contribution in [1.82, 2.24) is 10.6 Å². The van der Waals surface area contributed by atoms with Gasteiger partial charge in [0.05, 0.1) is 18.6 Å². The molecule has 3 unspecified atom stereocenters. The van der Waals surface area contributed by atoms with Gasteiger partial charge in [-0.2, -0.15) is 13.2 Å². The van der Waals surface area contributed by atoms with Gasteiger partial charge < -0.3 is 15.4 Å². The van der Waals surface area contributed by atoms with Crippen LogP contribution in [0.3, 0.4) is 0 Å². The Morgan fingerprint density at radius 3 is 2.71 bits per heavy atom. The standard InChI is InChI=1S/C10H17F3N2O2/c1-6(4-10(11,12)13)15-9(16)8-3-7(17-2)5-14-8/h6-8,14H,3-5H2,1-2H3,(H,15,16). The lowest BCUT2D eigenvalue weighted by Crippen LogP contribution is -2.45. The highest BCUT2D eigenvalue weighted by molar-refractivity contribution is 5.82. The molecular weight excluding hydrogens is 237 g/mol. The van der Waals surface area contributed by atoms with E-state index in [0.29, 0.717) is 13.0 Å². The summed E-state index contributed by atoms with van der Waals surface area (Å²) in [6, 6.07) is -1.37. The predicted octanol–water partition coefficient (Wildman–Crippen LogP) is 0.820. The highest BCUT2D eigenvalue weighted by atomic mass is 19.4. The molecule has 3 atom stereocenters. The molecule has 0 aromatic carbocycles. The van der Waals surface area contributed by atoms with Crippen molar-refractivity contribution >= 4 is 5.91 Å². The topological polar surface area (TPSA) is 50.4 Å². The molecule has 1 fully saturated rings. The molecule has 2 N–H and O–H groups in total. The summed E-state index contributed by atoms with van der Waals surface area (Å²) < 4.78 is 41.2. The number of nitrogens with one attached hydrogen (secondary N) is 2. The van der Waals surface area contributed by atoms with Crippen LogP contribution in [-0.4, -0.2) is 43.9 Å². The third-order valence-electron chi connectivity index (χ3n) is 2.67. The first-order valence-corrected chi connectivity index (χ1v) is 5.45. The molecule has 1 heterocycles. The first kappa shape index (κ1) is 14.2. The minimum absolute atomic E-state index is 0.0522. The van der Waals surface area contributed by atoms with Crippen molar-refractivity contribution in [3.05, 3.63) is 0 Å². The Hall–Kier alpha value is -0.820. The van der Waals surface area contributed by atoms with Crippen LogP contribution in [0.4, 0.5) is 13.2 Å². The molecule has 7 heteroatoms. The monoisotopic (exact) mass is 254 g/mol. The SMILES string of the molecule is COC1CNC(C(=O)NC(C)CC(F)(F)F)C1. The van der Waals surface area contributed by atoms with E-state index in [0.717, 1.165) is 0 Å². The van der Waals surface area contributed by atoms with E-state index in [4.69, 9.17) is 4.74 Å². The van der Waals surface area contributed by atoms with Gasteiger partial charge in [-0.05, 0) is 13.3 Å². The van der Waals surface area contributed by atoms with Gasteiger partial charge in [0, 0.05) is 19.7 Å². The molecule has 1 saturated heterocycles. The van der Waals surface area contributed by atoms with Crippen LogP contribution in [0.2, 0.25) is 0 Å². The number of hydrogen-bond acceptors (Lipinski definition) is 3. The lowest BCUT2D eigenvalue weighted by Gasteiger charge is -2.18. The number of carbonyl (C=O) groups is 1. The minimum Gasteiger partial charge on any atom is -0.380 e. The lowest BCUT2D eigenvalue weighted by atomic mass is 10.1. The van der Waals surface area contributed by atoms with E-state index < -0.39 is 30.6 Å². The molecule has 1 rings (SSSR count). The van der Waals surface area contributed by atoms with Crippen LogP contribution >= 0.6 is 0 Å². The van der Waals surface area contributed by atoms with Crippen molar-refractivity contribution in [2.75, 3.05) is 13.7 Å². The van der Waals surface area contributed by atoms with Gasteiger partial charge in [-0.25, -0.2) is 0 Å². The van der Waals surface area contributed by atoms with Crippen molar-refractivity contribution in [1.29, 1.82) is 0 Å². The first-order chi connectivity index (χ1) is 7.81. The Labute approximate surface area is 97.9 Å². The van der Waals surface area contributed by atoms with Crippen LogP contribution in [0, 0.1) is 0 Å². The van der Waals surface area contributed by atoms with Crippen LogP contribution < -0.4 is 10.6 Å². The molecule has 0 bridgehead atoms. The van der Waals surface area contributed by atoms with Gasteiger partial charge in [0.15, 0.2) is 0 Å². The van der Waals surface area contributed by atoms with Crippen molar-refractivity contribution < 1.29 is 22.7 Å². The van der Waals surface area contributed by atoms with Crippen molar-refractivity contribution in [2.24, 2.45) is 0 Å². The maximum atomic E-state index is 12.1. The van der Waals surface area contributed by atoms with Crippen LogP contribution in [0.1, 0.15) is 19.8 Å². The van der Waals surface area contributed by atoms with E-state index in [9.17, 15) is 18.0 Å². The highest BCUT2D eigenvalue weighted by Crippen LogP contribution is 2.21. The Kier molecular flexibility index (Phi) is 4.76. The highest BCUT2D eigenvalue weighted by Gasteiger charge is 2.33. The zero-order valence-electron chi connectivity index (χ0n) is 9.80. The second-order valence-corrected chi connectivity index (χ2v) is 4.28. The molecule has 0 aliphatic carbocycles. The minimum atomic E-state index is -4.26. The Morgan fingerprint density at radius 2 is 2.24 bits per heavy atom. The van der Waals surface area contributed by atoms with Crippen LogP contribution in [-0.2, 0) is 9.53 Å².